The van der Waals surface area contributed by atoms with Gasteiger partial charge in [0.15, 0.2) is 21.3 Å². The summed E-state index contributed by atoms with van der Waals surface area (Å²) in [6, 6.07) is 3.31. The minimum atomic E-state index is -3.10. The maximum Gasteiger partial charge on any atom is 0.166 e. The van der Waals surface area contributed by atoms with Crippen molar-refractivity contribution < 1.29 is 8.42 Å². The van der Waals surface area contributed by atoms with Crippen molar-refractivity contribution in [1.29, 1.82) is 0 Å². The molecule has 0 aliphatic heterocycles. The van der Waals surface area contributed by atoms with Gasteiger partial charge in [0.1, 0.15) is 5.75 Å². The van der Waals surface area contributed by atoms with Crippen LogP contribution in [0.1, 0.15) is 5.82 Å². The van der Waals surface area contributed by atoms with Gasteiger partial charge >= 0.3 is 0 Å². The second-order valence-electron chi connectivity index (χ2n) is 3.36. The number of hydrogen-bond donors (Lipinski definition) is 1. The molecule has 0 aromatic carbocycles. The van der Waals surface area contributed by atoms with Crippen LogP contribution in [0.25, 0.3) is 5.65 Å². The molecule has 0 saturated carbocycles. The fourth-order valence-corrected chi connectivity index (χ4v) is 1.83. The summed E-state index contributed by atoms with van der Waals surface area (Å²) in [5, 5.41) is 4.01. The maximum atomic E-state index is 11.0. The lowest BCUT2D eigenvalue weighted by Crippen LogP contribution is -2.02. The summed E-state index contributed by atoms with van der Waals surface area (Å²) in [6.45, 7) is 0. The van der Waals surface area contributed by atoms with Gasteiger partial charge in [-0.2, -0.15) is 5.10 Å². The predicted molar refractivity (Wildman–Crippen MR) is 55.9 cm³/mol. The molecule has 0 unspecified atom stereocenters. The van der Waals surface area contributed by atoms with Gasteiger partial charge in [-0.15, -0.1) is 0 Å². The Balaban J connectivity index is 2.48. The normalized spacial score (nSPS) is 12.1. The third-order valence-corrected chi connectivity index (χ3v) is 2.58. The quantitative estimate of drug-likeness (QED) is 0.769. The van der Waals surface area contributed by atoms with E-state index in [0.717, 1.165) is 6.26 Å². The molecule has 0 radical (unpaired) electrons. The van der Waals surface area contributed by atoms with E-state index in [0.29, 0.717) is 11.3 Å². The van der Waals surface area contributed by atoms with E-state index in [-0.39, 0.29) is 11.6 Å². The van der Waals surface area contributed by atoms with Gasteiger partial charge in [0.25, 0.3) is 0 Å². The molecule has 2 aromatic rings. The van der Waals surface area contributed by atoms with Crippen LogP contribution in [0.5, 0.6) is 0 Å². The Morgan fingerprint density at radius 2 is 2.27 bits per heavy atom. The molecule has 0 amide bonds. The van der Waals surface area contributed by atoms with Gasteiger partial charge in [0.05, 0.1) is 0 Å². The average Bonchev–Trinajstić information content (AvgIpc) is 2.42. The number of nitrogens with zero attached hydrogens (tertiary/aromatic N) is 3. The summed E-state index contributed by atoms with van der Waals surface area (Å²) >= 11 is 0. The number of pyridine rings is 1. The molecule has 2 heterocycles. The fraction of sp³-hybridized carbons (Fsp3) is 0.250. The highest BCUT2D eigenvalue weighted by molar-refractivity contribution is 7.89. The van der Waals surface area contributed by atoms with E-state index < -0.39 is 9.84 Å². The number of nitrogens with two attached hydrogens (primary N) is 1. The molecule has 80 valence electrons. The zero-order valence-corrected chi connectivity index (χ0v) is 8.90. The van der Waals surface area contributed by atoms with E-state index in [9.17, 15) is 8.42 Å². The number of rotatable bonds is 2. The molecular weight excluding hydrogens is 216 g/mol. The van der Waals surface area contributed by atoms with Crippen LogP contribution in [0, 0.1) is 0 Å². The zero-order valence-electron chi connectivity index (χ0n) is 8.08. The third kappa shape index (κ3) is 2.24. The summed E-state index contributed by atoms with van der Waals surface area (Å²) in [5.74, 6) is 0.122. The van der Waals surface area contributed by atoms with Crippen LogP contribution >= 0.6 is 0 Å². The number of nitrogen functional groups attached to an aromatic ring is 1. The first kappa shape index (κ1) is 9.91. The second kappa shape index (κ2) is 3.20. The molecule has 0 aliphatic carbocycles. The Labute approximate surface area is 86.7 Å². The average molecular weight is 226 g/mol. The molecule has 0 aliphatic rings. The Kier molecular flexibility index (Phi) is 2.11. The Morgan fingerprint density at radius 1 is 1.53 bits per heavy atom. The monoisotopic (exact) mass is 226 g/mol. The van der Waals surface area contributed by atoms with Crippen LogP contribution in [0.3, 0.4) is 0 Å². The van der Waals surface area contributed by atoms with E-state index in [1.54, 1.807) is 18.3 Å². The van der Waals surface area contributed by atoms with Crippen LogP contribution in [0.4, 0.5) is 5.69 Å². The van der Waals surface area contributed by atoms with Crippen LogP contribution in [-0.2, 0) is 15.6 Å². The van der Waals surface area contributed by atoms with Gasteiger partial charge in [0, 0.05) is 24.2 Å². The van der Waals surface area contributed by atoms with Crippen LogP contribution in [0.15, 0.2) is 18.3 Å². The Hall–Kier alpha value is -1.63. The van der Waals surface area contributed by atoms with Gasteiger partial charge in [0.2, 0.25) is 0 Å². The van der Waals surface area contributed by atoms with Crippen molar-refractivity contribution in [1.82, 2.24) is 14.6 Å². The molecule has 0 spiro atoms. The Morgan fingerprint density at radius 3 is 2.93 bits per heavy atom. The van der Waals surface area contributed by atoms with Gasteiger partial charge in [-0.3, -0.25) is 0 Å². The van der Waals surface area contributed by atoms with E-state index in [1.807, 2.05) is 0 Å². The molecule has 0 bridgehead atoms. The number of fused-ring (bicyclic) bond motifs is 1. The van der Waals surface area contributed by atoms with Crippen molar-refractivity contribution in [3.8, 4) is 0 Å². The minimum absolute atomic E-state index is 0.158. The van der Waals surface area contributed by atoms with Crippen LogP contribution in [-0.4, -0.2) is 29.3 Å². The van der Waals surface area contributed by atoms with E-state index in [1.165, 1.54) is 4.52 Å². The molecule has 2 N–H and O–H groups in total. The molecule has 0 atom stereocenters. The molecule has 2 rings (SSSR count). The SMILES string of the molecule is CS(=O)(=O)Cc1nc2cc(N)ccn2n1. The van der Waals surface area contributed by atoms with Crippen LogP contribution < -0.4 is 5.73 Å². The molecule has 0 fully saturated rings. The lowest BCUT2D eigenvalue weighted by molar-refractivity contribution is 0.599. The van der Waals surface area contributed by atoms with E-state index in [2.05, 4.69) is 10.1 Å². The summed E-state index contributed by atoms with van der Waals surface area (Å²) in [6.07, 6.45) is 2.79. The van der Waals surface area contributed by atoms with E-state index in [4.69, 9.17) is 5.73 Å². The van der Waals surface area contributed by atoms with Crippen molar-refractivity contribution in [2.45, 2.75) is 5.75 Å². The molecule has 6 nitrogen and oxygen atoms in total. The van der Waals surface area contributed by atoms with Gasteiger partial charge < -0.3 is 5.73 Å². The maximum absolute atomic E-state index is 11.0. The van der Waals surface area contributed by atoms with Crippen molar-refractivity contribution in [2.24, 2.45) is 0 Å². The third-order valence-electron chi connectivity index (χ3n) is 1.80. The molecule has 7 heteroatoms. The fourth-order valence-electron chi connectivity index (χ4n) is 1.24. The Bertz CT molecular complexity index is 602. The first-order valence-electron chi connectivity index (χ1n) is 4.22. The van der Waals surface area contributed by atoms with Gasteiger partial charge in [-0.05, 0) is 6.07 Å². The number of sulfone groups is 1. The van der Waals surface area contributed by atoms with Gasteiger partial charge in [-0.25, -0.2) is 17.9 Å². The lowest BCUT2D eigenvalue weighted by atomic mass is 10.4. The van der Waals surface area contributed by atoms with Crippen LogP contribution in [0.2, 0.25) is 0 Å². The largest absolute Gasteiger partial charge is 0.399 e. The minimum Gasteiger partial charge on any atom is -0.399 e. The highest BCUT2D eigenvalue weighted by Crippen LogP contribution is 2.08. The van der Waals surface area contributed by atoms with Crippen molar-refractivity contribution in [2.75, 3.05) is 12.0 Å². The summed E-state index contributed by atoms with van der Waals surface area (Å²) in [7, 11) is -3.10. The standard InChI is InChI=1S/C8H10N4O2S/c1-15(13,14)5-7-10-8-4-6(9)2-3-12(8)11-7/h2-4H,5,9H2,1H3. The molecule has 0 saturated heterocycles. The summed E-state index contributed by atoms with van der Waals surface area (Å²) in [4.78, 5) is 4.05. The first-order valence-corrected chi connectivity index (χ1v) is 6.28. The second-order valence-corrected chi connectivity index (χ2v) is 5.50. The van der Waals surface area contributed by atoms with Crippen molar-refractivity contribution in [3.63, 3.8) is 0 Å². The summed E-state index contributed by atoms with van der Waals surface area (Å²) in [5.41, 5.74) is 6.68. The van der Waals surface area contributed by atoms with E-state index >= 15 is 0 Å². The van der Waals surface area contributed by atoms with Crippen molar-refractivity contribution in [3.05, 3.63) is 24.2 Å². The van der Waals surface area contributed by atoms with Crippen molar-refractivity contribution >= 4 is 21.2 Å². The number of aromatic nitrogens is 3. The topological polar surface area (TPSA) is 90.3 Å². The smallest absolute Gasteiger partial charge is 0.166 e. The first-order chi connectivity index (χ1) is 6.94. The zero-order chi connectivity index (χ0) is 11.1. The number of hydrogen-bond acceptors (Lipinski definition) is 5. The van der Waals surface area contributed by atoms with Gasteiger partial charge in [-0.1, -0.05) is 0 Å². The predicted octanol–water partition coefficient (Wildman–Crippen LogP) is -0.144. The summed E-state index contributed by atoms with van der Waals surface area (Å²) < 4.78 is 23.6. The number of anilines is 1. The highest BCUT2D eigenvalue weighted by atomic mass is 32.2. The highest BCUT2D eigenvalue weighted by Gasteiger charge is 2.10. The molecule has 15 heavy (non-hydrogen) atoms. The molecule has 2 aromatic heterocycles. The lowest BCUT2D eigenvalue weighted by Gasteiger charge is -1.91. The molecular formula is C8H10N4O2S.